The van der Waals surface area contributed by atoms with Gasteiger partial charge in [0.1, 0.15) is 5.38 Å². The monoisotopic (exact) mass is 160 g/mol. The molecule has 56 valence electrons. The predicted octanol–water partition coefficient (Wildman–Crippen LogP) is 1.93. The van der Waals surface area contributed by atoms with Crippen LogP contribution in [0.25, 0.3) is 0 Å². The smallest absolute Gasteiger partial charge is 0.244 e. The second-order valence-corrected chi connectivity index (χ2v) is 2.67. The average Bonchev–Trinajstić information content (AvgIpc) is 2.34. The number of aromatic nitrogens is 2. The molecule has 0 radical (unpaired) electrons. The van der Waals surface area contributed by atoms with E-state index in [0.717, 1.165) is 6.42 Å². The first-order chi connectivity index (χ1) is 4.74. The molecule has 0 aliphatic carbocycles. The molecule has 0 N–H and O–H groups in total. The van der Waals surface area contributed by atoms with Crippen LogP contribution in [0.15, 0.2) is 4.52 Å². The van der Waals surface area contributed by atoms with Gasteiger partial charge in [0.15, 0.2) is 5.82 Å². The van der Waals surface area contributed by atoms with E-state index >= 15 is 0 Å². The third-order valence-electron chi connectivity index (χ3n) is 1.14. The molecule has 0 unspecified atom stereocenters. The number of aryl methyl sites for hydroxylation is 1. The van der Waals surface area contributed by atoms with Gasteiger partial charge < -0.3 is 4.52 Å². The summed E-state index contributed by atoms with van der Waals surface area (Å²) in [5.41, 5.74) is 0. The number of hydrogen-bond acceptors (Lipinski definition) is 3. The summed E-state index contributed by atoms with van der Waals surface area (Å²) in [4.78, 5) is 4.02. The molecule has 1 heterocycles. The second-order valence-electron chi connectivity index (χ2n) is 2.02. The minimum Gasteiger partial charge on any atom is -0.338 e. The molecule has 1 rings (SSSR count). The Morgan fingerprint density at radius 1 is 1.70 bits per heavy atom. The Balaban J connectivity index is 2.78. The van der Waals surface area contributed by atoms with Crippen molar-refractivity contribution in [3.63, 3.8) is 0 Å². The van der Waals surface area contributed by atoms with Crippen molar-refractivity contribution >= 4 is 11.6 Å². The van der Waals surface area contributed by atoms with Gasteiger partial charge in [-0.25, -0.2) is 0 Å². The van der Waals surface area contributed by atoms with E-state index < -0.39 is 0 Å². The van der Waals surface area contributed by atoms with Crippen molar-refractivity contribution in [2.24, 2.45) is 0 Å². The average molecular weight is 161 g/mol. The fraction of sp³-hybridized carbons (Fsp3) is 0.667. The Morgan fingerprint density at radius 2 is 2.40 bits per heavy atom. The van der Waals surface area contributed by atoms with Gasteiger partial charge in [0.2, 0.25) is 5.89 Å². The molecular formula is C6H9ClN2O. The summed E-state index contributed by atoms with van der Waals surface area (Å²) in [5.74, 6) is 1.21. The normalized spacial score (nSPS) is 13.5. The summed E-state index contributed by atoms with van der Waals surface area (Å²) in [7, 11) is 0. The Morgan fingerprint density at radius 3 is 2.70 bits per heavy atom. The van der Waals surface area contributed by atoms with E-state index in [-0.39, 0.29) is 5.38 Å². The van der Waals surface area contributed by atoms with Gasteiger partial charge in [-0.3, -0.25) is 0 Å². The number of halogens is 1. The molecule has 4 heteroatoms. The van der Waals surface area contributed by atoms with Crippen molar-refractivity contribution in [2.45, 2.75) is 25.6 Å². The second kappa shape index (κ2) is 3.01. The van der Waals surface area contributed by atoms with Gasteiger partial charge in [-0.15, -0.1) is 11.6 Å². The lowest BCUT2D eigenvalue weighted by atomic mass is 10.4. The molecule has 0 saturated carbocycles. The van der Waals surface area contributed by atoms with Gasteiger partial charge in [-0.1, -0.05) is 12.1 Å². The van der Waals surface area contributed by atoms with Gasteiger partial charge in [0.05, 0.1) is 0 Å². The first-order valence-electron chi connectivity index (χ1n) is 3.20. The zero-order valence-corrected chi connectivity index (χ0v) is 6.72. The Hall–Kier alpha value is -0.570. The molecule has 0 saturated heterocycles. The molecule has 1 atom stereocenters. The summed E-state index contributed by atoms with van der Waals surface area (Å²) < 4.78 is 4.82. The summed E-state index contributed by atoms with van der Waals surface area (Å²) in [6, 6.07) is 0. The highest BCUT2D eigenvalue weighted by atomic mass is 35.5. The van der Waals surface area contributed by atoms with Gasteiger partial charge in [-0.05, 0) is 6.92 Å². The fourth-order valence-corrected chi connectivity index (χ4v) is 0.661. The van der Waals surface area contributed by atoms with E-state index in [2.05, 4.69) is 10.1 Å². The van der Waals surface area contributed by atoms with Crippen LogP contribution in [0.4, 0.5) is 0 Å². The van der Waals surface area contributed by atoms with Crippen LogP contribution in [-0.4, -0.2) is 10.1 Å². The van der Waals surface area contributed by atoms with Crippen molar-refractivity contribution in [2.75, 3.05) is 0 Å². The SMILES string of the molecule is CCc1noc([C@H](C)Cl)n1. The van der Waals surface area contributed by atoms with Gasteiger partial charge in [0, 0.05) is 6.42 Å². The zero-order valence-electron chi connectivity index (χ0n) is 5.97. The van der Waals surface area contributed by atoms with Gasteiger partial charge >= 0.3 is 0 Å². The number of alkyl halides is 1. The third kappa shape index (κ3) is 1.48. The highest BCUT2D eigenvalue weighted by Crippen LogP contribution is 2.16. The molecule has 0 aliphatic rings. The largest absolute Gasteiger partial charge is 0.338 e. The van der Waals surface area contributed by atoms with Crippen LogP contribution in [0.3, 0.4) is 0 Å². The van der Waals surface area contributed by atoms with E-state index in [9.17, 15) is 0 Å². The minimum absolute atomic E-state index is 0.187. The highest BCUT2D eigenvalue weighted by molar-refractivity contribution is 6.20. The first kappa shape index (κ1) is 7.54. The Labute approximate surface area is 64.4 Å². The van der Waals surface area contributed by atoms with Crippen LogP contribution in [0.1, 0.15) is 30.9 Å². The fourth-order valence-electron chi connectivity index (χ4n) is 0.573. The van der Waals surface area contributed by atoms with Crippen LogP contribution in [-0.2, 0) is 6.42 Å². The molecule has 0 aromatic carbocycles. The van der Waals surface area contributed by atoms with Crippen molar-refractivity contribution in [1.82, 2.24) is 10.1 Å². The summed E-state index contributed by atoms with van der Waals surface area (Å²) >= 11 is 5.68. The van der Waals surface area contributed by atoms with Crippen molar-refractivity contribution in [3.8, 4) is 0 Å². The summed E-state index contributed by atoms with van der Waals surface area (Å²) in [6.45, 7) is 3.77. The third-order valence-corrected chi connectivity index (χ3v) is 1.33. The van der Waals surface area contributed by atoms with Gasteiger partial charge in [0.25, 0.3) is 0 Å². The van der Waals surface area contributed by atoms with E-state index in [1.54, 1.807) is 6.92 Å². The predicted molar refractivity (Wildman–Crippen MR) is 37.9 cm³/mol. The molecule has 0 aliphatic heterocycles. The molecule has 3 nitrogen and oxygen atoms in total. The lowest BCUT2D eigenvalue weighted by Gasteiger charge is -1.88. The molecule has 0 fully saturated rings. The van der Waals surface area contributed by atoms with Crippen LogP contribution < -0.4 is 0 Å². The number of hydrogen-bond donors (Lipinski definition) is 0. The molecule has 1 aromatic heterocycles. The number of nitrogens with zero attached hydrogens (tertiary/aromatic N) is 2. The van der Waals surface area contributed by atoms with Crippen LogP contribution in [0, 0.1) is 0 Å². The maximum Gasteiger partial charge on any atom is 0.244 e. The quantitative estimate of drug-likeness (QED) is 0.621. The summed E-state index contributed by atoms with van der Waals surface area (Å²) in [6.07, 6.45) is 0.785. The van der Waals surface area contributed by atoms with Crippen LogP contribution in [0.2, 0.25) is 0 Å². The molecular weight excluding hydrogens is 152 g/mol. The van der Waals surface area contributed by atoms with Crippen LogP contribution >= 0.6 is 11.6 Å². The van der Waals surface area contributed by atoms with E-state index in [4.69, 9.17) is 16.1 Å². The number of rotatable bonds is 2. The topological polar surface area (TPSA) is 38.9 Å². The standard InChI is InChI=1S/C6H9ClN2O/c1-3-5-8-6(4(2)7)10-9-5/h4H,3H2,1-2H3/t4-/m0/s1. The summed E-state index contributed by atoms with van der Waals surface area (Å²) in [5, 5.41) is 3.50. The van der Waals surface area contributed by atoms with Gasteiger partial charge in [-0.2, -0.15) is 4.98 Å². The molecule has 0 amide bonds. The lowest BCUT2D eigenvalue weighted by Crippen LogP contribution is -1.85. The highest BCUT2D eigenvalue weighted by Gasteiger charge is 2.09. The molecule has 0 bridgehead atoms. The molecule has 0 spiro atoms. The van der Waals surface area contributed by atoms with Crippen molar-refractivity contribution < 1.29 is 4.52 Å². The zero-order chi connectivity index (χ0) is 7.56. The van der Waals surface area contributed by atoms with Crippen molar-refractivity contribution in [3.05, 3.63) is 11.7 Å². The van der Waals surface area contributed by atoms with Crippen molar-refractivity contribution in [1.29, 1.82) is 0 Å². The van der Waals surface area contributed by atoms with Crippen LogP contribution in [0.5, 0.6) is 0 Å². The van der Waals surface area contributed by atoms with E-state index in [1.807, 2.05) is 6.92 Å². The minimum atomic E-state index is -0.187. The lowest BCUT2D eigenvalue weighted by molar-refractivity contribution is 0.374. The van der Waals surface area contributed by atoms with E-state index in [1.165, 1.54) is 0 Å². The molecule has 1 aromatic rings. The maximum atomic E-state index is 5.68. The maximum absolute atomic E-state index is 5.68. The van der Waals surface area contributed by atoms with E-state index in [0.29, 0.717) is 11.7 Å². The Kier molecular flexibility index (Phi) is 2.27. The first-order valence-corrected chi connectivity index (χ1v) is 3.64. The Bertz CT molecular complexity index is 209. The molecule has 10 heavy (non-hydrogen) atoms.